The molecule has 0 unspecified atom stereocenters. The minimum atomic E-state index is -0.261. The standard InChI is InChI=1S/C22H25ClN4O/c1-15-7-9-17(10-8-15)26-22(28)18-13-24-21-20(19(18)23)27(14-25-21)12-11-16-5-3-2-4-6-16/h7-10,13-14,16H,2-6,11-12H2,1H3,(H,26,28). The van der Waals surface area contributed by atoms with Crippen LogP contribution in [0.1, 0.15) is 54.4 Å². The molecule has 0 radical (unpaired) electrons. The molecule has 6 heteroatoms. The summed E-state index contributed by atoms with van der Waals surface area (Å²) in [6.45, 7) is 2.86. The lowest BCUT2D eigenvalue weighted by Crippen LogP contribution is -2.14. The maximum Gasteiger partial charge on any atom is 0.258 e. The van der Waals surface area contributed by atoms with Gasteiger partial charge in [-0.25, -0.2) is 9.97 Å². The van der Waals surface area contributed by atoms with E-state index in [1.54, 1.807) is 6.33 Å². The van der Waals surface area contributed by atoms with Crippen molar-refractivity contribution in [2.75, 3.05) is 5.32 Å². The van der Waals surface area contributed by atoms with E-state index in [9.17, 15) is 4.79 Å². The zero-order chi connectivity index (χ0) is 19.5. The van der Waals surface area contributed by atoms with Crippen molar-refractivity contribution < 1.29 is 4.79 Å². The Hall–Kier alpha value is -2.40. The van der Waals surface area contributed by atoms with Gasteiger partial charge in [-0.3, -0.25) is 4.79 Å². The topological polar surface area (TPSA) is 59.8 Å². The highest BCUT2D eigenvalue weighted by Gasteiger charge is 2.19. The number of amides is 1. The number of hydrogen-bond acceptors (Lipinski definition) is 3. The van der Waals surface area contributed by atoms with Crippen molar-refractivity contribution in [3.05, 3.63) is 52.9 Å². The van der Waals surface area contributed by atoms with Crippen LogP contribution in [0.15, 0.2) is 36.8 Å². The van der Waals surface area contributed by atoms with Gasteiger partial charge in [-0.2, -0.15) is 0 Å². The van der Waals surface area contributed by atoms with Crippen LogP contribution in [0.25, 0.3) is 11.2 Å². The summed E-state index contributed by atoms with van der Waals surface area (Å²) in [5.74, 6) is 0.509. The van der Waals surface area contributed by atoms with Crippen LogP contribution >= 0.6 is 11.6 Å². The van der Waals surface area contributed by atoms with Crippen LogP contribution in [-0.4, -0.2) is 20.4 Å². The molecule has 1 amide bonds. The largest absolute Gasteiger partial charge is 0.328 e. The van der Waals surface area contributed by atoms with Crippen molar-refractivity contribution in [2.45, 2.75) is 52.0 Å². The molecule has 0 saturated heterocycles. The monoisotopic (exact) mass is 396 g/mol. The third-order valence-electron chi connectivity index (χ3n) is 5.64. The van der Waals surface area contributed by atoms with E-state index in [0.29, 0.717) is 16.2 Å². The van der Waals surface area contributed by atoms with Crippen LogP contribution < -0.4 is 5.32 Å². The van der Waals surface area contributed by atoms with Gasteiger partial charge in [0.05, 0.1) is 16.9 Å². The number of halogens is 1. The molecule has 5 nitrogen and oxygen atoms in total. The number of aromatic nitrogens is 3. The third-order valence-corrected chi connectivity index (χ3v) is 6.02. The number of pyridine rings is 1. The highest BCUT2D eigenvalue weighted by molar-refractivity contribution is 6.38. The smallest absolute Gasteiger partial charge is 0.258 e. The third kappa shape index (κ3) is 4.04. The van der Waals surface area contributed by atoms with Gasteiger partial charge < -0.3 is 9.88 Å². The van der Waals surface area contributed by atoms with Crippen molar-refractivity contribution in [2.24, 2.45) is 5.92 Å². The number of aryl methyl sites for hydroxylation is 2. The summed E-state index contributed by atoms with van der Waals surface area (Å²) in [5, 5.41) is 3.31. The average molecular weight is 397 g/mol. The van der Waals surface area contributed by atoms with Crippen LogP contribution in [0.2, 0.25) is 5.02 Å². The van der Waals surface area contributed by atoms with Gasteiger partial charge >= 0.3 is 0 Å². The summed E-state index contributed by atoms with van der Waals surface area (Å²) in [6.07, 6.45) is 11.1. The predicted octanol–water partition coefficient (Wildman–Crippen LogP) is 5.62. The maximum absolute atomic E-state index is 12.7. The lowest BCUT2D eigenvalue weighted by molar-refractivity contribution is 0.102. The Kier molecular flexibility index (Phi) is 5.62. The van der Waals surface area contributed by atoms with E-state index < -0.39 is 0 Å². The van der Waals surface area contributed by atoms with Crippen molar-refractivity contribution in [3.8, 4) is 0 Å². The molecule has 0 aliphatic heterocycles. The van der Waals surface area contributed by atoms with E-state index in [-0.39, 0.29) is 5.91 Å². The van der Waals surface area contributed by atoms with Crippen molar-refractivity contribution in [3.63, 3.8) is 0 Å². The second-order valence-corrected chi connectivity index (χ2v) is 8.09. The Morgan fingerprint density at radius 1 is 1.18 bits per heavy atom. The highest BCUT2D eigenvalue weighted by Crippen LogP contribution is 2.29. The predicted molar refractivity (Wildman–Crippen MR) is 113 cm³/mol. The molecule has 28 heavy (non-hydrogen) atoms. The molecule has 1 aromatic carbocycles. The Bertz CT molecular complexity index is 974. The van der Waals surface area contributed by atoms with Crippen molar-refractivity contribution in [1.82, 2.24) is 14.5 Å². The fraction of sp³-hybridized carbons (Fsp3) is 0.409. The molecule has 4 rings (SSSR count). The number of benzene rings is 1. The number of fused-ring (bicyclic) bond motifs is 1. The highest BCUT2D eigenvalue weighted by atomic mass is 35.5. The van der Waals surface area contributed by atoms with Crippen molar-refractivity contribution in [1.29, 1.82) is 0 Å². The zero-order valence-electron chi connectivity index (χ0n) is 16.1. The first-order chi connectivity index (χ1) is 13.6. The Labute approximate surface area is 170 Å². The summed E-state index contributed by atoms with van der Waals surface area (Å²) in [4.78, 5) is 21.5. The molecular formula is C22H25ClN4O. The molecule has 0 bridgehead atoms. The molecule has 2 heterocycles. The maximum atomic E-state index is 12.7. The van der Waals surface area contributed by atoms with Crippen LogP contribution in [0.5, 0.6) is 0 Å². The lowest BCUT2D eigenvalue weighted by Gasteiger charge is -2.21. The van der Waals surface area contributed by atoms with Gasteiger partial charge in [0.1, 0.15) is 5.52 Å². The van der Waals surface area contributed by atoms with Crippen LogP contribution in [-0.2, 0) is 6.54 Å². The lowest BCUT2D eigenvalue weighted by atomic mass is 9.87. The summed E-state index contributed by atoms with van der Waals surface area (Å²) >= 11 is 6.63. The van der Waals surface area contributed by atoms with Gasteiger partial charge in [0.15, 0.2) is 5.65 Å². The van der Waals surface area contributed by atoms with Crippen LogP contribution in [0.4, 0.5) is 5.69 Å². The van der Waals surface area contributed by atoms with Gasteiger partial charge in [0.25, 0.3) is 5.91 Å². The average Bonchev–Trinajstić information content (AvgIpc) is 3.13. The van der Waals surface area contributed by atoms with E-state index in [1.807, 2.05) is 35.8 Å². The van der Waals surface area contributed by atoms with Gasteiger partial charge in [-0.15, -0.1) is 0 Å². The molecule has 0 atom stereocenters. The molecule has 1 saturated carbocycles. The number of anilines is 1. The SMILES string of the molecule is Cc1ccc(NC(=O)c2cnc3ncn(CCC4CCCCC4)c3c2Cl)cc1. The Balaban J connectivity index is 1.55. The number of imidazole rings is 1. The number of rotatable bonds is 5. The van der Waals surface area contributed by atoms with Gasteiger partial charge in [0.2, 0.25) is 0 Å². The van der Waals surface area contributed by atoms with Gasteiger partial charge in [0, 0.05) is 18.4 Å². The van der Waals surface area contributed by atoms with E-state index >= 15 is 0 Å². The number of carbonyl (C=O) groups excluding carboxylic acids is 1. The molecule has 0 spiro atoms. The first-order valence-electron chi connectivity index (χ1n) is 9.99. The molecule has 3 aromatic rings. The number of hydrogen-bond donors (Lipinski definition) is 1. The minimum absolute atomic E-state index is 0.261. The van der Waals surface area contributed by atoms with Gasteiger partial charge in [-0.1, -0.05) is 61.4 Å². The molecule has 1 fully saturated rings. The van der Waals surface area contributed by atoms with Gasteiger partial charge in [-0.05, 0) is 31.4 Å². The molecule has 146 valence electrons. The molecule has 1 aliphatic carbocycles. The van der Waals surface area contributed by atoms with Crippen LogP contribution in [0, 0.1) is 12.8 Å². The Morgan fingerprint density at radius 3 is 2.68 bits per heavy atom. The molecular weight excluding hydrogens is 372 g/mol. The summed E-state index contributed by atoms with van der Waals surface area (Å²) in [7, 11) is 0. The molecule has 2 aromatic heterocycles. The number of carbonyl (C=O) groups is 1. The summed E-state index contributed by atoms with van der Waals surface area (Å²) in [5.41, 5.74) is 3.57. The van der Waals surface area contributed by atoms with E-state index in [1.165, 1.54) is 38.3 Å². The second-order valence-electron chi connectivity index (χ2n) is 7.71. The van der Waals surface area contributed by atoms with Crippen LogP contribution in [0.3, 0.4) is 0 Å². The number of nitrogens with one attached hydrogen (secondary N) is 1. The first-order valence-corrected chi connectivity index (χ1v) is 10.4. The molecule has 1 aliphatic rings. The summed E-state index contributed by atoms with van der Waals surface area (Å²) in [6, 6.07) is 7.67. The zero-order valence-corrected chi connectivity index (χ0v) is 16.9. The normalized spacial score (nSPS) is 15.1. The first kappa shape index (κ1) is 18.9. The fourth-order valence-electron chi connectivity index (χ4n) is 3.96. The van der Waals surface area contributed by atoms with Crippen molar-refractivity contribution >= 4 is 34.4 Å². The quantitative estimate of drug-likeness (QED) is 0.609. The Morgan fingerprint density at radius 2 is 1.93 bits per heavy atom. The summed E-state index contributed by atoms with van der Waals surface area (Å²) < 4.78 is 2.04. The number of nitrogens with zero attached hydrogens (tertiary/aromatic N) is 3. The fourth-order valence-corrected chi connectivity index (χ4v) is 4.29. The van der Waals surface area contributed by atoms with E-state index in [4.69, 9.17) is 11.6 Å². The van der Waals surface area contributed by atoms with E-state index in [2.05, 4.69) is 15.3 Å². The molecule has 1 N–H and O–H groups in total. The van der Waals surface area contributed by atoms with E-state index in [0.717, 1.165) is 35.7 Å². The minimum Gasteiger partial charge on any atom is -0.328 e. The second kappa shape index (κ2) is 8.31.